The number of benzene rings is 1. The summed E-state index contributed by atoms with van der Waals surface area (Å²) in [5.74, 6) is 0.438. The van der Waals surface area contributed by atoms with Gasteiger partial charge in [-0.25, -0.2) is 0 Å². The van der Waals surface area contributed by atoms with E-state index in [0.29, 0.717) is 12.5 Å². The molecule has 0 saturated heterocycles. The van der Waals surface area contributed by atoms with Crippen LogP contribution in [-0.2, 0) is 17.6 Å². The van der Waals surface area contributed by atoms with Gasteiger partial charge in [0.15, 0.2) is 5.78 Å². The van der Waals surface area contributed by atoms with E-state index in [0.717, 1.165) is 37.7 Å². The lowest BCUT2D eigenvalue weighted by Gasteiger charge is -2.31. The summed E-state index contributed by atoms with van der Waals surface area (Å²) in [6.07, 6.45) is 9.63. The van der Waals surface area contributed by atoms with Crippen molar-refractivity contribution in [2.75, 3.05) is 6.54 Å². The lowest BCUT2D eigenvalue weighted by atomic mass is 9.84. The van der Waals surface area contributed by atoms with Crippen molar-refractivity contribution in [1.29, 1.82) is 0 Å². The Hall–Kier alpha value is -1.68. The highest BCUT2D eigenvalue weighted by Gasteiger charge is 2.25. The average Bonchev–Trinajstić information content (AvgIpc) is 2.66. The number of rotatable bonds is 6. The number of aryl methyl sites for hydroxylation is 2. The van der Waals surface area contributed by atoms with E-state index < -0.39 is 0 Å². The van der Waals surface area contributed by atoms with Gasteiger partial charge in [-0.15, -0.1) is 0 Å². The van der Waals surface area contributed by atoms with Crippen molar-refractivity contribution in [2.24, 2.45) is 11.7 Å². The maximum absolute atomic E-state index is 12.4. The van der Waals surface area contributed by atoms with Crippen LogP contribution in [-0.4, -0.2) is 24.3 Å². The molecule has 2 atom stereocenters. The van der Waals surface area contributed by atoms with E-state index in [2.05, 4.69) is 11.4 Å². The molecule has 2 unspecified atom stereocenters. The van der Waals surface area contributed by atoms with Crippen molar-refractivity contribution in [3.8, 4) is 0 Å². The van der Waals surface area contributed by atoms with Crippen LogP contribution < -0.4 is 11.1 Å². The van der Waals surface area contributed by atoms with E-state index >= 15 is 0 Å². The summed E-state index contributed by atoms with van der Waals surface area (Å²) < 4.78 is 0. The van der Waals surface area contributed by atoms with E-state index in [4.69, 9.17) is 5.73 Å². The number of hydrogen-bond donors (Lipinski definition) is 2. The van der Waals surface area contributed by atoms with Crippen LogP contribution >= 0.6 is 0 Å². The predicted molar refractivity (Wildman–Crippen MR) is 99.6 cm³/mol. The number of nitrogens with one attached hydrogen (secondary N) is 1. The summed E-state index contributed by atoms with van der Waals surface area (Å²) in [6.45, 7) is 0.624. The molecule has 25 heavy (non-hydrogen) atoms. The Bertz CT molecular complexity index is 626. The zero-order valence-corrected chi connectivity index (χ0v) is 15.1. The summed E-state index contributed by atoms with van der Waals surface area (Å²) in [7, 11) is 0. The number of carbonyl (C=O) groups excluding carboxylic acids is 2. The molecule has 136 valence electrons. The molecular formula is C21H30N2O2. The molecule has 1 amide bonds. The zero-order valence-electron chi connectivity index (χ0n) is 15.1. The first kappa shape index (κ1) is 18.1. The van der Waals surface area contributed by atoms with Gasteiger partial charge in [0.2, 0.25) is 5.91 Å². The molecule has 1 saturated carbocycles. The number of ketones is 1. The Labute approximate surface area is 150 Å². The topological polar surface area (TPSA) is 72.2 Å². The quantitative estimate of drug-likeness (QED) is 0.780. The van der Waals surface area contributed by atoms with Crippen LogP contribution in [0, 0.1) is 5.92 Å². The molecule has 0 bridgehead atoms. The molecule has 4 heteroatoms. The highest BCUT2D eigenvalue weighted by Crippen LogP contribution is 2.24. The Morgan fingerprint density at radius 1 is 1.00 bits per heavy atom. The average molecular weight is 342 g/mol. The van der Waals surface area contributed by atoms with Gasteiger partial charge >= 0.3 is 0 Å². The van der Waals surface area contributed by atoms with Crippen molar-refractivity contribution in [3.63, 3.8) is 0 Å². The zero-order chi connectivity index (χ0) is 17.6. The second-order valence-corrected chi connectivity index (χ2v) is 7.57. The van der Waals surface area contributed by atoms with Gasteiger partial charge in [-0.1, -0.05) is 25.0 Å². The van der Waals surface area contributed by atoms with Gasteiger partial charge in [0.1, 0.15) is 0 Å². The molecule has 3 N–H and O–H groups in total. The van der Waals surface area contributed by atoms with Gasteiger partial charge in [-0.2, -0.15) is 0 Å². The number of carbonyl (C=O) groups is 2. The Morgan fingerprint density at radius 2 is 1.76 bits per heavy atom. The first-order valence-electron chi connectivity index (χ1n) is 9.82. The second-order valence-electron chi connectivity index (χ2n) is 7.57. The molecule has 2 aliphatic carbocycles. The summed E-state index contributed by atoms with van der Waals surface area (Å²) in [6, 6.07) is 6.25. The van der Waals surface area contributed by atoms with Crippen LogP contribution in [0.3, 0.4) is 0 Å². The third-order valence-electron chi connectivity index (χ3n) is 5.81. The minimum absolute atomic E-state index is 0.0170. The van der Waals surface area contributed by atoms with Gasteiger partial charge in [0.05, 0.1) is 0 Å². The molecule has 2 aliphatic rings. The molecule has 0 radical (unpaired) electrons. The molecule has 4 nitrogen and oxygen atoms in total. The largest absolute Gasteiger partial charge is 0.353 e. The van der Waals surface area contributed by atoms with Crippen LogP contribution in [0.15, 0.2) is 18.2 Å². The Kier molecular flexibility index (Phi) is 6.24. The first-order chi connectivity index (χ1) is 12.2. The van der Waals surface area contributed by atoms with Gasteiger partial charge in [0.25, 0.3) is 0 Å². The number of amides is 1. The fraction of sp³-hybridized carbons (Fsp3) is 0.619. The summed E-state index contributed by atoms with van der Waals surface area (Å²) >= 11 is 0. The first-order valence-corrected chi connectivity index (χ1v) is 9.82. The van der Waals surface area contributed by atoms with E-state index in [9.17, 15) is 9.59 Å². The molecule has 1 aromatic carbocycles. The molecule has 0 aromatic heterocycles. The molecule has 1 aromatic rings. The Morgan fingerprint density at radius 3 is 2.56 bits per heavy atom. The summed E-state index contributed by atoms with van der Waals surface area (Å²) in [5, 5.41) is 3.11. The van der Waals surface area contributed by atoms with Crippen LogP contribution in [0.1, 0.15) is 72.9 Å². The van der Waals surface area contributed by atoms with E-state index in [1.165, 1.54) is 30.4 Å². The van der Waals surface area contributed by atoms with Crippen molar-refractivity contribution in [1.82, 2.24) is 5.32 Å². The third kappa shape index (κ3) is 4.69. The van der Waals surface area contributed by atoms with Crippen molar-refractivity contribution in [2.45, 2.75) is 70.3 Å². The number of Topliss-reactive ketones (excluding diaryl/α,β-unsaturated/α-hetero) is 1. The molecular weight excluding hydrogens is 312 g/mol. The minimum atomic E-state index is -0.0170. The van der Waals surface area contributed by atoms with Gasteiger partial charge in [0, 0.05) is 24.4 Å². The maximum Gasteiger partial charge on any atom is 0.220 e. The molecule has 0 spiro atoms. The van der Waals surface area contributed by atoms with Crippen LogP contribution in [0.25, 0.3) is 0 Å². The second kappa shape index (κ2) is 8.61. The monoisotopic (exact) mass is 342 g/mol. The summed E-state index contributed by atoms with van der Waals surface area (Å²) in [5.41, 5.74) is 9.27. The fourth-order valence-corrected chi connectivity index (χ4v) is 4.24. The van der Waals surface area contributed by atoms with Crippen molar-refractivity contribution < 1.29 is 9.59 Å². The molecule has 3 rings (SSSR count). The van der Waals surface area contributed by atoms with Gasteiger partial charge < -0.3 is 11.1 Å². The maximum atomic E-state index is 12.4. The normalized spacial score (nSPS) is 22.9. The fourth-order valence-electron chi connectivity index (χ4n) is 4.24. The smallest absolute Gasteiger partial charge is 0.220 e. The number of nitrogens with two attached hydrogens (primary N) is 1. The van der Waals surface area contributed by atoms with Crippen molar-refractivity contribution in [3.05, 3.63) is 34.9 Å². The highest BCUT2D eigenvalue weighted by molar-refractivity contribution is 5.98. The van der Waals surface area contributed by atoms with Gasteiger partial charge in [-0.05, 0) is 68.2 Å². The third-order valence-corrected chi connectivity index (χ3v) is 5.81. The predicted octanol–water partition coefficient (Wildman–Crippen LogP) is 3.16. The lowest BCUT2D eigenvalue weighted by Crippen LogP contribution is -2.44. The standard InChI is InChI=1S/C21H30N2O2/c22-14-18-7-3-4-8-19(18)23-21(25)12-11-20(24)17-10-9-15-5-1-2-6-16(15)13-17/h9-10,13,18-19H,1-8,11-12,14,22H2,(H,23,25). The minimum Gasteiger partial charge on any atom is -0.353 e. The van der Waals surface area contributed by atoms with Crippen LogP contribution in [0.5, 0.6) is 0 Å². The van der Waals surface area contributed by atoms with Crippen LogP contribution in [0.4, 0.5) is 0 Å². The number of hydrogen-bond acceptors (Lipinski definition) is 3. The number of fused-ring (bicyclic) bond motifs is 1. The lowest BCUT2D eigenvalue weighted by molar-refractivity contribution is -0.122. The SMILES string of the molecule is NCC1CCCCC1NC(=O)CCC(=O)c1ccc2c(c1)CCCC2. The highest BCUT2D eigenvalue weighted by atomic mass is 16.2. The van der Waals surface area contributed by atoms with Gasteiger partial charge in [-0.3, -0.25) is 9.59 Å². The van der Waals surface area contributed by atoms with E-state index in [1.807, 2.05) is 12.1 Å². The molecule has 0 heterocycles. The van der Waals surface area contributed by atoms with Crippen molar-refractivity contribution >= 4 is 11.7 Å². The summed E-state index contributed by atoms with van der Waals surface area (Å²) in [4.78, 5) is 24.7. The molecule has 1 fully saturated rings. The van der Waals surface area contributed by atoms with E-state index in [-0.39, 0.29) is 30.6 Å². The van der Waals surface area contributed by atoms with E-state index in [1.54, 1.807) is 0 Å². The Balaban J connectivity index is 1.50. The molecule has 0 aliphatic heterocycles. The van der Waals surface area contributed by atoms with Crippen LogP contribution in [0.2, 0.25) is 0 Å².